The first kappa shape index (κ1) is 14.3. The van der Waals surface area contributed by atoms with Crippen LogP contribution in [0, 0.1) is 0 Å². The highest BCUT2D eigenvalue weighted by molar-refractivity contribution is 9.10. The minimum atomic E-state index is 0.00403. The van der Waals surface area contributed by atoms with Gasteiger partial charge in [0.05, 0.1) is 0 Å². The van der Waals surface area contributed by atoms with Crippen LogP contribution in [0.1, 0.15) is 49.9 Å². The first-order valence-electron chi connectivity index (χ1n) is 6.87. The zero-order valence-electron chi connectivity index (χ0n) is 12.2. The summed E-state index contributed by atoms with van der Waals surface area (Å²) in [5.74, 6) is 0. The Labute approximate surface area is 137 Å². The monoisotopic (exact) mass is 392 g/mol. The Morgan fingerprint density at radius 1 is 0.650 bits per heavy atom. The fraction of sp³-hybridized carbons (Fsp3) is 0.333. The second-order valence-corrected chi connectivity index (χ2v) is 8.28. The highest BCUT2D eigenvalue weighted by atomic mass is 79.9. The molecule has 0 saturated heterocycles. The molecule has 104 valence electrons. The summed E-state index contributed by atoms with van der Waals surface area (Å²) in [6.45, 7) is 9.27. The Morgan fingerprint density at radius 3 is 1.35 bits per heavy atom. The van der Waals surface area contributed by atoms with E-state index in [0.717, 1.165) is 0 Å². The third-order valence-electron chi connectivity index (χ3n) is 4.62. The van der Waals surface area contributed by atoms with E-state index < -0.39 is 0 Å². The molecule has 0 nitrogen and oxygen atoms in total. The molecule has 2 heteroatoms. The van der Waals surface area contributed by atoms with E-state index in [0.29, 0.717) is 0 Å². The number of halogens is 2. The number of hydrogen-bond acceptors (Lipinski definition) is 0. The van der Waals surface area contributed by atoms with Gasteiger partial charge in [0.1, 0.15) is 0 Å². The zero-order valence-corrected chi connectivity index (χ0v) is 15.4. The predicted octanol–water partition coefficient (Wildman–Crippen LogP) is 6.18. The Balaban J connectivity index is 2.48. The van der Waals surface area contributed by atoms with Gasteiger partial charge in [0.25, 0.3) is 0 Å². The number of benzene rings is 2. The van der Waals surface area contributed by atoms with Gasteiger partial charge in [-0.15, -0.1) is 0 Å². The highest BCUT2D eigenvalue weighted by Gasteiger charge is 2.43. The van der Waals surface area contributed by atoms with E-state index in [1.165, 1.54) is 31.2 Å². The van der Waals surface area contributed by atoms with Gasteiger partial charge in [-0.1, -0.05) is 83.8 Å². The molecule has 2 aromatic carbocycles. The molecule has 0 N–H and O–H groups in total. The molecule has 0 saturated carbocycles. The van der Waals surface area contributed by atoms with Gasteiger partial charge in [-0.2, -0.15) is 0 Å². The summed E-state index contributed by atoms with van der Waals surface area (Å²) in [6, 6.07) is 13.1. The van der Waals surface area contributed by atoms with Crippen molar-refractivity contribution >= 4 is 31.9 Å². The molecule has 0 bridgehead atoms. The smallest absolute Gasteiger partial charge is 0.0219 e. The van der Waals surface area contributed by atoms with Gasteiger partial charge in [0.15, 0.2) is 0 Å². The molecule has 0 amide bonds. The molecule has 1 aliphatic rings. The summed E-state index contributed by atoms with van der Waals surface area (Å²) >= 11 is 7.54. The average molecular weight is 394 g/mol. The van der Waals surface area contributed by atoms with Crippen molar-refractivity contribution in [2.24, 2.45) is 0 Å². The molecule has 0 heterocycles. The summed E-state index contributed by atoms with van der Waals surface area (Å²) in [6.07, 6.45) is 0. The Morgan fingerprint density at radius 2 is 1.00 bits per heavy atom. The molecule has 1 aliphatic carbocycles. The number of hydrogen-bond donors (Lipinski definition) is 0. The molecule has 0 atom stereocenters. The Kier molecular flexibility index (Phi) is 3.19. The molecule has 0 aliphatic heterocycles. The lowest BCUT2D eigenvalue weighted by atomic mass is 9.60. The van der Waals surface area contributed by atoms with Gasteiger partial charge in [-0.05, 0) is 34.4 Å². The Hall–Kier alpha value is -0.600. The van der Waals surface area contributed by atoms with Crippen LogP contribution in [-0.2, 0) is 10.8 Å². The van der Waals surface area contributed by atoms with Crippen molar-refractivity contribution in [3.63, 3.8) is 0 Å². The predicted molar refractivity (Wildman–Crippen MR) is 92.5 cm³/mol. The molecule has 0 radical (unpaired) electrons. The van der Waals surface area contributed by atoms with Gasteiger partial charge in [0, 0.05) is 19.8 Å². The van der Waals surface area contributed by atoms with Crippen LogP contribution in [0.4, 0.5) is 0 Å². The quantitative estimate of drug-likeness (QED) is 0.501. The molecule has 0 unspecified atom stereocenters. The summed E-state index contributed by atoms with van der Waals surface area (Å²) in [5.41, 5.74) is 5.66. The lowest BCUT2D eigenvalue weighted by molar-refractivity contribution is 0.516. The maximum absolute atomic E-state index is 3.77. The standard InChI is InChI=1S/C18H18Br2/c1-17(2)11-7-5-10-14(20)16(11)18(3,4)12-8-6-9-13(19)15(12)17/h5-10H,1-4H3. The molecular weight excluding hydrogens is 376 g/mol. The third kappa shape index (κ3) is 1.77. The average Bonchev–Trinajstić information content (AvgIpc) is 2.36. The van der Waals surface area contributed by atoms with Crippen LogP contribution < -0.4 is 0 Å². The van der Waals surface area contributed by atoms with Crippen molar-refractivity contribution in [3.8, 4) is 0 Å². The van der Waals surface area contributed by atoms with Crippen LogP contribution in [0.2, 0.25) is 0 Å². The largest absolute Gasteiger partial charge is 0.0608 e. The van der Waals surface area contributed by atoms with E-state index in [2.05, 4.69) is 96.0 Å². The fourth-order valence-electron chi connectivity index (χ4n) is 3.63. The molecule has 0 aromatic heterocycles. The topological polar surface area (TPSA) is 0 Å². The zero-order chi connectivity index (χ0) is 14.7. The molecular formula is C18H18Br2. The van der Waals surface area contributed by atoms with Crippen LogP contribution in [0.5, 0.6) is 0 Å². The van der Waals surface area contributed by atoms with Crippen molar-refractivity contribution in [1.29, 1.82) is 0 Å². The van der Waals surface area contributed by atoms with Gasteiger partial charge in [0.2, 0.25) is 0 Å². The summed E-state index contributed by atoms with van der Waals surface area (Å²) in [5, 5.41) is 0. The van der Waals surface area contributed by atoms with Crippen LogP contribution >= 0.6 is 31.9 Å². The van der Waals surface area contributed by atoms with Crippen molar-refractivity contribution in [2.75, 3.05) is 0 Å². The van der Waals surface area contributed by atoms with Gasteiger partial charge < -0.3 is 0 Å². The van der Waals surface area contributed by atoms with Crippen molar-refractivity contribution < 1.29 is 0 Å². The van der Waals surface area contributed by atoms with E-state index >= 15 is 0 Å². The summed E-state index contributed by atoms with van der Waals surface area (Å²) < 4.78 is 2.41. The normalized spacial score (nSPS) is 18.3. The molecule has 3 rings (SSSR count). The molecule has 0 spiro atoms. The lowest BCUT2D eigenvalue weighted by Crippen LogP contribution is -2.37. The molecule has 20 heavy (non-hydrogen) atoms. The number of fused-ring (bicyclic) bond motifs is 2. The van der Waals surface area contributed by atoms with Gasteiger partial charge in [-0.3, -0.25) is 0 Å². The van der Waals surface area contributed by atoms with Crippen molar-refractivity contribution in [1.82, 2.24) is 0 Å². The van der Waals surface area contributed by atoms with E-state index in [-0.39, 0.29) is 10.8 Å². The van der Waals surface area contributed by atoms with E-state index in [9.17, 15) is 0 Å². The SMILES string of the molecule is CC1(C)c2cccc(Br)c2C(C)(C)c2cccc(Br)c21. The fourth-order valence-corrected chi connectivity index (χ4v) is 5.35. The van der Waals surface area contributed by atoms with Crippen molar-refractivity contribution in [2.45, 2.75) is 38.5 Å². The van der Waals surface area contributed by atoms with Crippen LogP contribution in [0.25, 0.3) is 0 Å². The van der Waals surface area contributed by atoms with Crippen LogP contribution in [-0.4, -0.2) is 0 Å². The second kappa shape index (κ2) is 4.45. The van der Waals surface area contributed by atoms with Gasteiger partial charge in [-0.25, -0.2) is 0 Å². The maximum Gasteiger partial charge on any atom is 0.0219 e. The first-order chi connectivity index (χ1) is 9.28. The molecule has 0 fully saturated rings. The van der Waals surface area contributed by atoms with E-state index in [1.54, 1.807) is 0 Å². The van der Waals surface area contributed by atoms with Gasteiger partial charge >= 0.3 is 0 Å². The minimum absolute atomic E-state index is 0.00403. The van der Waals surface area contributed by atoms with Crippen molar-refractivity contribution in [3.05, 3.63) is 67.6 Å². The molecule has 2 aromatic rings. The summed E-state index contributed by atoms with van der Waals surface area (Å²) in [7, 11) is 0. The summed E-state index contributed by atoms with van der Waals surface area (Å²) in [4.78, 5) is 0. The first-order valence-corrected chi connectivity index (χ1v) is 8.45. The Bertz CT molecular complexity index is 635. The highest BCUT2D eigenvalue weighted by Crippen LogP contribution is 2.53. The second-order valence-electron chi connectivity index (χ2n) is 6.57. The maximum atomic E-state index is 3.77. The lowest BCUT2D eigenvalue weighted by Gasteiger charge is -2.44. The van der Waals surface area contributed by atoms with E-state index in [4.69, 9.17) is 0 Å². The van der Waals surface area contributed by atoms with Crippen LogP contribution in [0.15, 0.2) is 45.3 Å². The third-order valence-corrected chi connectivity index (χ3v) is 5.95. The minimum Gasteiger partial charge on any atom is -0.0608 e. The van der Waals surface area contributed by atoms with E-state index in [1.807, 2.05) is 0 Å². The number of rotatable bonds is 0. The van der Waals surface area contributed by atoms with Crippen LogP contribution in [0.3, 0.4) is 0 Å².